The number of nitrogens with zero attached hydrogens (tertiary/aromatic N) is 2. The van der Waals surface area contributed by atoms with Crippen LogP contribution in [0.4, 0.5) is 34.1 Å². The van der Waals surface area contributed by atoms with Gasteiger partial charge in [0.2, 0.25) is 0 Å². The van der Waals surface area contributed by atoms with Gasteiger partial charge in [-0.1, -0.05) is 303 Å². The summed E-state index contributed by atoms with van der Waals surface area (Å²) in [5.74, 6) is 0. The molecule has 0 amide bonds. The molecule has 0 heterocycles. The summed E-state index contributed by atoms with van der Waals surface area (Å²) in [5.41, 5.74) is 20.9. The number of fused-ring (bicyclic) bond motifs is 9. The number of benzene rings is 17. The fourth-order valence-electron chi connectivity index (χ4n) is 14.6. The number of para-hydroxylation sites is 4. The molecule has 0 radical (unpaired) electrons. The molecule has 0 unspecified atom stereocenters. The molecule has 0 saturated heterocycles. The normalized spacial score (nSPS) is 11.5. The van der Waals surface area contributed by atoms with Crippen molar-refractivity contribution in [2.24, 2.45) is 0 Å². The van der Waals surface area contributed by atoms with Crippen molar-refractivity contribution >= 4 is 98.8 Å². The van der Waals surface area contributed by atoms with Crippen LogP contribution in [0.25, 0.3) is 131 Å². The van der Waals surface area contributed by atoms with E-state index in [1.54, 1.807) is 0 Å². The first-order chi connectivity index (χ1) is 45.7. The lowest BCUT2D eigenvalue weighted by Crippen LogP contribution is -2.11. The van der Waals surface area contributed by atoms with E-state index in [1.165, 1.54) is 120 Å². The molecule has 17 rings (SSSR count). The molecule has 0 saturated carbocycles. The number of anilines is 6. The van der Waals surface area contributed by atoms with E-state index in [0.29, 0.717) is 0 Å². The van der Waals surface area contributed by atoms with Gasteiger partial charge in [-0.3, -0.25) is 0 Å². The van der Waals surface area contributed by atoms with Crippen LogP contribution in [0.1, 0.15) is 0 Å². The molecule has 0 N–H and O–H groups in total. The summed E-state index contributed by atoms with van der Waals surface area (Å²) in [6.45, 7) is 0. The molecule has 0 bridgehead atoms. The molecule has 0 fully saturated rings. The third kappa shape index (κ3) is 9.27. The number of hydrogen-bond acceptors (Lipinski definition) is 2. The van der Waals surface area contributed by atoms with Crippen LogP contribution in [0, 0.1) is 0 Å². The zero-order valence-electron chi connectivity index (χ0n) is 50.5. The van der Waals surface area contributed by atoms with Crippen molar-refractivity contribution in [2.75, 3.05) is 9.80 Å². The third-order valence-electron chi connectivity index (χ3n) is 18.6. The maximum atomic E-state index is 2.40. The van der Waals surface area contributed by atoms with Crippen LogP contribution in [-0.2, 0) is 0 Å². The Morgan fingerprint density at radius 3 is 0.761 bits per heavy atom. The third-order valence-corrected chi connectivity index (χ3v) is 18.6. The van der Waals surface area contributed by atoms with Crippen molar-refractivity contribution in [3.8, 4) is 66.8 Å². The summed E-state index contributed by atoms with van der Waals surface area (Å²) in [7, 11) is 0. The van der Waals surface area contributed by atoms with Gasteiger partial charge in [-0.15, -0.1) is 0 Å². The maximum absolute atomic E-state index is 2.40. The summed E-state index contributed by atoms with van der Waals surface area (Å²) in [4.78, 5) is 4.76. The summed E-state index contributed by atoms with van der Waals surface area (Å²) < 4.78 is 0. The van der Waals surface area contributed by atoms with E-state index in [2.05, 4.69) is 374 Å². The minimum Gasteiger partial charge on any atom is -0.310 e. The van der Waals surface area contributed by atoms with Crippen molar-refractivity contribution in [1.29, 1.82) is 0 Å². The standard InChI is InChI=1S/C90H60N2/c1-5-27-61(28-6-1)71-35-23-25-47-85(71)91(65-31-9-3-10-32-65)67-53-49-63(50-54-67)69-57-59-83(75-39-15-13-37-73(69)75)87-81-45-21-22-46-82(81)88(90-80-44-20-18-42-78(80)77-41-17-19-43-79(77)89(87)90)84-60-58-70(74-38-14-16-40-76(74)84)64-51-55-68(56-52-64)92(66-33-11-4-12-34-66)86-48-26-24-36-72(86)62-29-7-2-8-30-62/h1-60H. The highest BCUT2D eigenvalue weighted by Gasteiger charge is 2.26. The zero-order valence-corrected chi connectivity index (χ0v) is 50.5. The molecule has 17 aromatic carbocycles. The Morgan fingerprint density at radius 1 is 0.141 bits per heavy atom. The Morgan fingerprint density at radius 2 is 0.391 bits per heavy atom. The highest BCUT2D eigenvalue weighted by molar-refractivity contribution is 6.38. The minimum absolute atomic E-state index is 1.09. The lowest BCUT2D eigenvalue weighted by atomic mass is 9.79. The average molecular weight is 1170 g/mol. The van der Waals surface area contributed by atoms with Crippen LogP contribution in [-0.4, -0.2) is 0 Å². The summed E-state index contributed by atoms with van der Waals surface area (Å²) in [5, 5.41) is 14.7. The van der Waals surface area contributed by atoms with Gasteiger partial charge in [0.05, 0.1) is 11.4 Å². The molecule has 0 spiro atoms. The van der Waals surface area contributed by atoms with Crippen LogP contribution in [0.3, 0.4) is 0 Å². The molecule has 2 nitrogen and oxygen atoms in total. The van der Waals surface area contributed by atoms with Gasteiger partial charge < -0.3 is 9.80 Å². The van der Waals surface area contributed by atoms with Crippen molar-refractivity contribution in [3.63, 3.8) is 0 Å². The van der Waals surface area contributed by atoms with Gasteiger partial charge in [-0.2, -0.15) is 0 Å². The molecule has 0 aromatic heterocycles. The molecule has 0 atom stereocenters. The average Bonchev–Trinajstić information content (AvgIpc) is 0.698. The Kier molecular flexibility index (Phi) is 13.6. The lowest BCUT2D eigenvalue weighted by molar-refractivity contribution is 1.28. The molecule has 2 heteroatoms. The van der Waals surface area contributed by atoms with Gasteiger partial charge in [-0.05, 0) is 181 Å². The van der Waals surface area contributed by atoms with Gasteiger partial charge in [0.25, 0.3) is 0 Å². The van der Waals surface area contributed by atoms with Crippen molar-refractivity contribution in [1.82, 2.24) is 0 Å². The quantitative estimate of drug-likeness (QED) is 0.0889. The van der Waals surface area contributed by atoms with Crippen LogP contribution in [0.15, 0.2) is 364 Å². The molecular weight excluding hydrogens is 1110 g/mol. The fourth-order valence-corrected chi connectivity index (χ4v) is 14.6. The second kappa shape index (κ2) is 23.1. The molecule has 0 aliphatic rings. The van der Waals surface area contributed by atoms with Gasteiger partial charge in [0, 0.05) is 33.9 Å². The Bertz CT molecular complexity index is 5260. The van der Waals surface area contributed by atoms with E-state index in [1.807, 2.05) is 0 Å². The summed E-state index contributed by atoms with van der Waals surface area (Å²) in [6, 6.07) is 134. The van der Waals surface area contributed by atoms with Crippen molar-refractivity contribution < 1.29 is 0 Å². The Hall–Kier alpha value is -12.1. The highest BCUT2D eigenvalue weighted by Crippen LogP contribution is 2.53. The number of hydrogen-bond donors (Lipinski definition) is 0. The molecule has 430 valence electrons. The highest BCUT2D eigenvalue weighted by atomic mass is 15.1. The van der Waals surface area contributed by atoms with E-state index in [4.69, 9.17) is 0 Å². The largest absolute Gasteiger partial charge is 0.310 e. The molecule has 92 heavy (non-hydrogen) atoms. The second-order valence-corrected chi connectivity index (χ2v) is 23.8. The smallest absolute Gasteiger partial charge is 0.0540 e. The topological polar surface area (TPSA) is 6.48 Å². The first-order valence-electron chi connectivity index (χ1n) is 31.7. The minimum atomic E-state index is 1.09. The predicted octanol–water partition coefficient (Wildman–Crippen LogP) is 25.5. The Balaban J connectivity index is 0.829. The zero-order chi connectivity index (χ0) is 60.9. The van der Waals surface area contributed by atoms with Gasteiger partial charge >= 0.3 is 0 Å². The first kappa shape index (κ1) is 54.1. The van der Waals surface area contributed by atoms with Gasteiger partial charge in [0.15, 0.2) is 0 Å². The van der Waals surface area contributed by atoms with E-state index < -0.39 is 0 Å². The van der Waals surface area contributed by atoms with E-state index in [0.717, 1.165) is 45.3 Å². The van der Waals surface area contributed by atoms with E-state index in [9.17, 15) is 0 Å². The summed E-state index contributed by atoms with van der Waals surface area (Å²) in [6.07, 6.45) is 0. The van der Waals surface area contributed by atoms with Gasteiger partial charge in [-0.25, -0.2) is 0 Å². The van der Waals surface area contributed by atoms with Crippen LogP contribution < -0.4 is 9.80 Å². The van der Waals surface area contributed by atoms with Crippen molar-refractivity contribution in [2.45, 2.75) is 0 Å². The van der Waals surface area contributed by atoms with Crippen LogP contribution >= 0.6 is 0 Å². The second-order valence-electron chi connectivity index (χ2n) is 23.8. The Labute approximate surface area is 536 Å². The van der Waals surface area contributed by atoms with Crippen LogP contribution in [0.2, 0.25) is 0 Å². The fraction of sp³-hybridized carbons (Fsp3) is 0. The predicted molar refractivity (Wildman–Crippen MR) is 393 cm³/mol. The van der Waals surface area contributed by atoms with E-state index >= 15 is 0 Å². The van der Waals surface area contributed by atoms with Crippen molar-refractivity contribution in [3.05, 3.63) is 364 Å². The molecule has 0 aliphatic heterocycles. The van der Waals surface area contributed by atoms with Crippen LogP contribution in [0.5, 0.6) is 0 Å². The SMILES string of the molecule is c1ccc(-c2ccccc2N(c2ccccc2)c2ccc(-c3ccc(-c4c5ccccc5c(-c5ccc(-c6ccc(N(c7ccccc7)c7ccccc7-c7ccccc7)cc6)c6ccccc56)c5c6ccccc6c6ccccc6c45)c4ccccc34)cc2)cc1. The maximum Gasteiger partial charge on any atom is 0.0540 e. The molecular formula is C90H60N2. The first-order valence-corrected chi connectivity index (χ1v) is 31.7. The molecule has 0 aliphatic carbocycles. The molecule has 17 aromatic rings. The lowest BCUT2D eigenvalue weighted by Gasteiger charge is -2.28. The van der Waals surface area contributed by atoms with E-state index in [-0.39, 0.29) is 0 Å². The summed E-state index contributed by atoms with van der Waals surface area (Å²) >= 11 is 0. The number of rotatable bonds is 12. The van der Waals surface area contributed by atoms with Gasteiger partial charge in [0.1, 0.15) is 0 Å². The monoisotopic (exact) mass is 1170 g/mol.